The number of nitrogens with one attached hydrogen (secondary N) is 1. The Kier molecular flexibility index (Phi) is 7.08. The van der Waals surface area contributed by atoms with Crippen molar-refractivity contribution in [1.29, 1.82) is 0 Å². The van der Waals surface area contributed by atoms with Crippen LogP contribution in [0.3, 0.4) is 0 Å². The third-order valence-corrected chi connectivity index (χ3v) is 4.23. The van der Waals surface area contributed by atoms with Gasteiger partial charge in [-0.25, -0.2) is 4.79 Å². The van der Waals surface area contributed by atoms with Crippen molar-refractivity contribution in [2.75, 3.05) is 23.3 Å². The van der Waals surface area contributed by atoms with Crippen LogP contribution in [0.4, 0.5) is 17.1 Å². The standard InChI is InChI=1S/C20H23N3O5/c1-4-22(5-2)17-10-6-15(7-11-17)20(25)28-14(3)19(24)21-16-8-12-18(13-9-16)23(26)27/h6-14H,4-5H2,1-3H3,(H,21,24). The van der Waals surface area contributed by atoms with Crippen LogP contribution in [0.25, 0.3) is 0 Å². The van der Waals surface area contributed by atoms with Crippen LogP contribution < -0.4 is 10.2 Å². The number of rotatable bonds is 8. The number of nitro benzene ring substituents is 1. The van der Waals surface area contributed by atoms with Gasteiger partial charge < -0.3 is 15.0 Å². The maximum Gasteiger partial charge on any atom is 0.338 e. The molecule has 0 aliphatic rings. The van der Waals surface area contributed by atoms with Gasteiger partial charge in [-0.05, 0) is 57.2 Å². The molecule has 0 saturated heterocycles. The van der Waals surface area contributed by atoms with Gasteiger partial charge in [0, 0.05) is 36.6 Å². The summed E-state index contributed by atoms with van der Waals surface area (Å²) in [5.41, 5.74) is 1.66. The Morgan fingerprint density at radius 2 is 1.64 bits per heavy atom. The minimum atomic E-state index is -1.02. The summed E-state index contributed by atoms with van der Waals surface area (Å²) in [5, 5.41) is 13.2. The summed E-state index contributed by atoms with van der Waals surface area (Å²) in [5.74, 6) is -1.13. The molecule has 0 bridgehead atoms. The first-order valence-electron chi connectivity index (χ1n) is 8.97. The highest BCUT2D eigenvalue weighted by Crippen LogP contribution is 2.17. The van der Waals surface area contributed by atoms with Gasteiger partial charge in [-0.2, -0.15) is 0 Å². The summed E-state index contributed by atoms with van der Waals surface area (Å²) in [7, 11) is 0. The summed E-state index contributed by atoms with van der Waals surface area (Å²) in [6.07, 6.45) is -1.02. The molecule has 0 aliphatic carbocycles. The number of nitro groups is 1. The highest BCUT2D eigenvalue weighted by molar-refractivity contribution is 5.97. The number of hydrogen-bond donors (Lipinski definition) is 1. The van der Waals surface area contributed by atoms with Crippen molar-refractivity contribution >= 4 is 28.9 Å². The monoisotopic (exact) mass is 385 g/mol. The highest BCUT2D eigenvalue weighted by Gasteiger charge is 2.19. The van der Waals surface area contributed by atoms with Crippen LogP contribution in [0.5, 0.6) is 0 Å². The number of non-ortho nitro benzene ring substituents is 1. The first-order chi connectivity index (χ1) is 13.3. The summed E-state index contributed by atoms with van der Waals surface area (Å²) >= 11 is 0. The van der Waals surface area contributed by atoms with E-state index in [0.717, 1.165) is 18.8 Å². The van der Waals surface area contributed by atoms with Gasteiger partial charge in [-0.3, -0.25) is 14.9 Å². The normalized spacial score (nSPS) is 11.4. The lowest BCUT2D eigenvalue weighted by Gasteiger charge is -2.21. The number of ether oxygens (including phenoxy) is 1. The number of hydrogen-bond acceptors (Lipinski definition) is 6. The van der Waals surface area contributed by atoms with Crippen LogP contribution in [0.2, 0.25) is 0 Å². The quantitative estimate of drug-likeness (QED) is 0.423. The fraction of sp³-hybridized carbons (Fsp3) is 0.300. The van der Waals surface area contributed by atoms with Crippen molar-refractivity contribution in [3.63, 3.8) is 0 Å². The molecule has 2 aromatic carbocycles. The maximum atomic E-state index is 12.3. The minimum Gasteiger partial charge on any atom is -0.449 e. The molecule has 8 nitrogen and oxygen atoms in total. The minimum absolute atomic E-state index is 0.0781. The highest BCUT2D eigenvalue weighted by atomic mass is 16.6. The van der Waals surface area contributed by atoms with Crippen LogP contribution in [-0.2, 0) is 9.53 Å². The molecule has 148 valence electrons. The first-order valence-corrected chi connectivity index (χ1v) is 8.97. The van der Waals surface area contributed by atoms with Gasteiger partial charge in [0.15, 0.2) is 6.10 Å². The molecule has 0 spiro atoms. The van der Waals surface area contributed by atoms with Gasteiger partial charge in [-0.1, -0.05) is 0 Å². The molecule has 0 heterocycles. The van der Waals surface area contributed by atoms with Crippen molar-refractivity contribution < 1.29 is 19.2 Å². The molecule has 0 aromatic heterocycles. The molecule has 0 aliphatic heterocycles. The predicted molar refractivity (Wildman–Crippen MR) is 107 cm³/mol. The van der Waals surface area contributed by atoms with Gasteiger partial charge in [0.2, 0.25) is 0 Å². The van der Waals surface area contributed by atoms with Crippen molar-refractivity contribution in [3.8, 4) is 0 Å². The second kappa shape index (κ2) is 9.50. The number of benzene rings is 2. The average molecular weight is 385 g/mol. The van der Waals surface area contributed by atoms with Crippen molar-refractivity contribution in [2.45, 2.75) is 26.9 Å². The van der Waals surface area contributed by atoms with E-state index in [4.69, 9.17) is 4.74 Å². The van der Waals surface area contributed by atoms with Gasteiger partial charge >= 0.3 is 5.97 Å². The fourth-order valence-electron chi connectivity index (χ4n) is 2.59. The lowest BCUT2D eigenvalue weighted by molar-refractivity contribution is -0.384. The number of amides is 1. The van der Waals surface area contributed by atoms with E-state index in [1.807, 2.05) is 12.1 Å². The number of anilines is 2. The smallest absolute Gasteiger partial charge is 0.338 e. The van der Waals surface area contributed by atoms with Crippen LogP contribution in [0, 0.1) is 10.1 Å². The number of carbonyl (C=O) groups is 2. The predicted octanol–water partition coefficient (Wildman–Crippen LogP) is 3.63. The third kappa shape index (κ3) is 5.29. The molecule has 1 N–H and O–H groups in total. The molecule has 0 radical (unpaired) electrons. The van der Waals surface area contributed by atoms with Crippen molar-refractivity contribution in [2.24, 2.45) is 0 Å². The number of nitrogens with zero attached hydrogens (tertiary/aromatic N) is 2. The fourth-order valence-corrected chi connectivity index (χ4v) is 2.59. The summed E-state index contributed by atoms with van der Waals surface area (Å²) in [6.45, 7) is 7.29. The molecule has 8 heteroatoms. The van der Waals surface area contributed by atoms with Crippen molar-refractivity contribution in [3.05, 3.63) is 64.2 Å². The SMILES string of the molecule is CCN(CC)c1ccc(C(=O)OC(C)C(=O)Nc2ccc([N+](=O)[O-])cc2)cc1. The molecule has 2 aromatic rings. The molecule has 1 unspecified atom stereocenters. The van der Waals surface area contributed by atoms with E-state index < -0.39 is 22.9 Å². The lowest BCUT2D eigenvalue weighted by Crippen LogP contribution is -2.30. The zero-order valence-electron chi connectivity index (χ0n) is 16.0. The molecular formula is C20H23N3O5. The largest absolute Gasteiger partial charge is 0.449 e. The second-order valence-electron chi connectivity index (χ2n) is 6.06. The summed E-state index contributed by atoms with van der Waals surface area (Å²) in [6, 6.07) is 12.4. The third-order valence-electron chi connectivity index (χ3n) is 4.23. The van der Waals surface area contributed by atoms with Gasteiger partial charge in [-0.15, -0.1) is 0 Å². The zero-order valence-corrected chi connectivity index (χ0v) is 16.0. The van der Waals surface area contributed by atoms with Gasteiger partial charge in [0.1, 0.15) is 0 Å². The van der Waals surface area contributed by atoms with Crippen LogP contribution in [0.1, 0.15) is 31.1 Å². The molecule has 0 fully saturated rings. The number of esters is 1. The Bertz CT molecular complexity index is 830. The van der Waals surface area contributed by atoms with E-state index in [1.54, 1.807) is 12.1 Å². The van der Waals surface area contributed by atoms with E-state index >= 15 is 0 Å². The van der Waals surface area contributed by atoms with E-state index in [1.165, 1.54) is 31.2 Å². The molecule has 28 heavy (non-hydrogen) atoms. The lowest BCUT2D eigenvalue weighted by atomic mass is 10.2. The summed E-state index contributed by atoms with van der Waals surface area (Å²) in [4.78, 5) is 36.7. The summed E-state index contributed by atoms with van der Waals surface area (Å²) < 4.78 is 5.21. The first kappa shape index (κ1) is 20.9. The van der Waals surface area contributed by atoms with Gasteiger partial charge in [0.05, 0.1) is 10.5 Å². The second-order valence-corrected chi connectivity index (χ2v) is 6.06. The van der Waals surface area contributed by atoms with Crippen LogP contribution in [0.15, 0.2) is 48.5 Å². The molecule has 2 rings (SSSR count). The van der Waals surface area contributed by atoms with Crippen molar-refractivity contribution in [1.82, 2.24) is 0 Å². The van der Waals surface area contributed by atoms with Crippen LogP contribution in [-0.4, -0.2) is 36.0 Å². The molecule has 0 saturated carbocycles. The Morgan fingerprint density at radius 3 is 2.14 bits per heavy atom. The molecular weight excluding hydrogens is 362 g/mol. The van der Waals surface area contributed by atoms with Crippen LogP contribution >= 0.6 is 0 Å². The Labute approximate surface area is 163 Å². The maximum absolute atomic E-state index is 12.3. The average Bonchev–Trinajstić information content (AvgIpc) is 2.69. The van der Waals surface area contributed by atoms with E-state index in [-0.39, 0.29) is 5.69 Å². The van der Waals surface area contributed by atoms with Gasteiger partial charge in [0.25, 0.3) is 11.6 Å². The number of carbonyl (C=O) groups excluding carboxylic acids is 2. The Balaban J connectivity index is 1.95. The van der Waals surface area contributed by atoms with E-state index in [2.05, 4.69) is 24.1 Å². The van der Waals surface area contributed by atoms with E-state index in [0.29, 0.717) is 11.3 Å². The Morgan fingerprint density at radius 1 is 1.07 bits per heavy atom. The zero-order chi connectivity index (χ0) is 20.7. The Hall–Kier alpha value is -3.42. The topological polar surface area (TPSA) is 102 Å². The molecule has 1 amide bonds. The van der Waals surface area contributed by atoms with E-state index in [9.17, 15) is 19.7 Å². The molecule has 1 atom stereocenters.